The molecule has 3 nitrogen and oxygen atoms in total. The van der Waals surface area contributed by atoms with E-state index in [2.05, 4.69) is 21.2 Å². The molecule has 0 aliphatic rings. The summed E-state index contributed by atoms with van der Waals surface area (Å²) in [6, 6.07) is 6.46. The summed E-state index contributed by atoms with van der Waals surface area (Å²) in [7, 11) is 0. The van der Waals surface area contributed by atoms with Crippen molar-refractivity contribution in [3.05, 3.63) is 51.6 Å². The fraction of sp³-hybridized carbons (Fsp3) is 0.231. The van der Waals surface area contributed by atoms with Gasteiger partial charge in [0.15, 0.2) is 0 Å². The second-order valence-corrected chi connectivity index (χ2v) is 5.06. The third kappa shape index (κ3) is 4.23. The number of furan rings is 1. The highest BCUT2D eigenvalue weighted by atomic mass is 79.9. The van der Waals surface area contributed by atoms with Crippen LogP contribution in [-0.4, -0.2) is 13.2 Å². The molecule has 0 fully saturated rings. The fourth-order valence-corrected chi connectivity index (χ4v) is 2.23. The topological polar surface area (TPSA) is 34.4 Å². The number of nitrogens with one attached hydrogen (secondary N) is 1. The van der Waals surface area contributed by atoms with Crippen molar-refractivity contribution in [2.45, 2.75) is 6.54 Å². The minimum atomic E-state index is -0.497. The number of benzene rings is 1. The molecule has 6 heteroatoms. The lowest BCUT2D eigenvalue weighted by atomic mass is 10.3. The van der Waals surface area contributed by atoms with E-state index in [1.54, 1.807) is 6.26 Å². The molecular weight excluding hydrogens is 337 g/mol. The second kappa shape index (κ2) is 6.93. The zero-order valence-electron chi connectivity index (χ0n) is 9.96. The van der Waals surface area contributed by atoms with Gasteiger partial charge in [-0.1, -0.05) is 11.6 Å². The van der Waals surface area contributed by atoms with Gasteiger partial charge in [0.1, 0.15) is 23.9 Å². The highest BCUT2D eigenvalue weighted by Gasteiger charge is 2.07. The molecule has 0 saturated heterocycles. The van der Waals surface area contributed by atoms with Gasteiger partial charge in [-0.3, -0.25) is 0 Å². The smallest absolute Gasteiger partial charge is 0.145 e. The van der Waals surface area contributed by atoms with Gasteiger partial charge in [-0.05, 0) is 34.1 Å². The van der Waals surface area contributed by atoms with Gasteiger partial charge in [-0.2, -0.15) is 0 Å². The molecule has 0 aliphatic heterocycles. The first-order valence-corrected chi connectivity index (χ1v) is 6.84. The maximum Gasteiger partial charge on any atom is 0.145 e. The number of hydrogen-bond acceptors (Lipinski definition) is 3. The van der Waals surface area contributed by atoms with E-state index in [0.717, 1.165) is 5.76 Å². The number of hydrogen-bond donors (Lipinski definition) is 1. The summed E-state index contributed by atoms with van der Waals surface area (Å²) >= 11 is 8.91. The molecule has 0 amide bonds. The van der Waals surface area contributed by atoms with Crippen molar-refractivity contribution in [1.29, 1.82) is 0 Å². The maximum absolute atomic E-state index is 13.3. The second-order valence-electron chi connectivity index (χ2n) is 3.80. The third-order valence-electron chi connectivity index (χ3n) is 2.39. The normalized spacial score (nSPS) is 10.7. The van der Waals surface area contributed by atoms with E-state index in [-0.39, 0.29) is 5.02 Å². The molecule has 1 heterocycles. The molecule has 1 aromatic heterocycles. The molecule has 0 spiro atoms. The van der Waals surface area contributed by atoms with E-state index in [4.69, 9.17) is 20.8 Å². The first-order valence-electron chi connectivity index (χ1n) is 5.67. The summed E-state index contributed by atoms with van der Waals surface area (Å²) in [5, 5.41) is 3.21. The molecule has 1 aromatic carbocycles. The van der Waals surface area contributed by atoms with Crippen LogP contribution >= 0.6 is 27.5 Å². The van der Waals surface area contributed by atoms with Crippen molar-refractivity contribution in [3.63, 3.8) is 0 Å². The molecule has 0 atom stereocenters. The van der Waals surface area contributed by atoms with E-state index in [0.29, 0.717) is 29.9 Å². The molecule has 0 saturated carbocycles. The lowest BCUT2D eigenvalue weighted by Crippen LogP contribution is -2.20. The van der Waals surface area contributed by atoms with E-state index in [9.17, 15) is 4.39 Å². The minimum Gasteiger partial charge on any atom is -0.491 e. The molecular formula is C13H12BrClFNO2. The van der Waals surface area contributed by atoms with E-state index in [1.807, 2.05) is 12.1 Å². The quantitative estimate of drug-likeness (QED) is 0.633. The van der Waals surface area contributed by atoms with Gasteiger partial charge in [0, 0.05) is 12.6 Å². The van der Waals surface area contributed by atoms with Gasteiger partial charge >= 0.3 is 0 Å². The van der Waals surface area contributed by atoms with Gasteiger partial charge in [-0.25, -0.2) is 4.39 Å². The van der Waals surface area contributed by atoms with Gasteiger partial charge < -0.3 is 14.5 Å². The Morgan fingerprint density at radius 3 is 3.00 bits per heavy atom. The van der Waals surface area contributed by atoms with Crippen LogP contribution in [0.3, 0.4) is 0 Å². The monoisotopic (exact) mass is 347 g/mol. The van der Waals surface area contributed by atoms with Crippen LogP contribution in [0, 0.1) is 5.82 Å². The number of ether oxygens (including phenoxy) is 1. The molecule has 102 valence electrons. The Hall–Kier alpha value is -1.04. The highest BCUT2D eigenvalue weighted by molar-refractivity contribution is 9.10. The van der Waals surface area contributed by atoms with Crippen molar-refractivity contribution >= 4 is 27.5 Å². The first-order chi connectivity index (χ1) is 9.16. The number of halogens is 3. The van der Waals surface area contributed by atoms with Crippen LogP contribution in [-0.2, 0) is 6.54 Å². The molecule has 0 aliphatic carbocycles. The highest BCUT2D eigenvalue weighted by Crippen LogP contribution is 2.30. The van der Waals surface area contributed by atoms with E-state index >= 15 is 0 Å². The summed E-state index contributed by atoms with van der Waals surface area (Å²) in [4.78, 5) is 0. The summed E-state index contributed by atoms with van der Waals surface area (Å²) < 4.78 is 24.5. The molecule has 0 radical (unpaired) electrons. The third-order valence-corrected chi connectivity index (χ3v) is 3.30. The summed E-state index contributed by atoms with van der Waals surface area (Å²) in [6.45, 7) is 1.67. The van der Waals surface area contributed by atoms with E-state index < -0.39 is 5.82 Å². The Balaban J connectivity index is 1.75. The standard InChI is InChI=1S/C13H12BrClFNO2/c14-10-6-11(15)12(16)7-13(10)19-5-3-17-8-9-2-1-4-18-9/h1-2,4,6-7,17H,3,5,8H2. The molecule has 19 heavy (non-hydrogen) atoms. The van der Waals surface area contributed by atoms with Crippen LogP contribution in [0.1, 0.15) is 5.76 Å². The van der Waals surface area contributed by atoms with Crippen molar-refractivity contribution in [1.82, 2.24) is 5.32 Å². The average Bonchev–Trinajstić information content (AvgIpc) is 2.88. The lowest BCUT2D eigenvalue weighted by Gasteiger charge is -2.09. The maximum atomic E-state index is 13.3. The summed E-state index contributed by atoms with van der Waals surface area (Å²) in [6.07, 6.45) is 1.63. The zero-order valence-corrected chi connectivity index (χ0v) is 12.3. The predicted octanol–water partition coefficient (Wildman–Crippen LogP) is 4.00. The SMILES string of the molecule is Fc1cc(OCCNCc2ccco2)c(Br)cc1Cl. The molecule has 2 aromatic rings. The molecule has 0 unspecified atom stereocenters. The molecule has 1 N–H and O–H groups in total. The Labute approximate surface area is 123 Å². The Kier molecular flexibility index (Phi) is 5.24. The molecule has 2 rings (SSSR count). The van der Waals surface area contributed by atoms with Crippen LogP contribution in [0.15, 0.2) is 39.4 Å². The lowest BCUT2D eigenvalue weighted by molar-refractivity contribution is 0.307. The van der Waals surface area contributed by atoms with Crippen molar-refractivity contribution in [2.75, 3.05) is 13.2 Å². The summed E-state index contributed by atoms with van der Waals surface area (Å²) in [5.74, 6) is 0.795. The van der Waals surface area contributed by atoms with E-state index in [1.165, 1.54) is 12.1 Å². The van der Waals surface area contributed by atoms with Gasteiger partial charge in [0.2, 0.25) is 0 Å². The molecule has 0 bridgehead atoms. The Morgan fingerprint density at radius 1 is 1.42 bits per heavy atom. The van der Waals surface area contributed by atoms with Gasteiger partial charge in [0.05, 0.1) is 22.3 Å². The van der Waals surface area contributed by atoms with Crippen LogP contribution in [0.4, 0.5) is 4.39 Å². The summed E-state index contributed by atoms with van der Waals surface area (Å²) in [5.41, 5.74) is 0. The number of rotatable bonds is 6. The van der Waals surface area contributed by atoms with Crippen LogP contribution in [0.25, 0.3) is 0 Å². The van der Waals surface area contributed by atoms with Crippen LogP contribution in [0.5, 0.6) is 5.75 Å². The zero-order chi connectivity index (χ0) is 13.7. The average molecular weight is 349 g/mol. The Bertz CT molecular complexity index is 534. The van der Waals surface area contributed by atoms with Crippen LogP contribution in [0.2, 0.25) is 5.02 Å². The minimum absolute atomic E-state index is 0.0650. The first kappa shape index (κ1) is 14.4. The van der Waals surface area contributed by atoms with Crippen molar-refractivity contribution in [3.8, 4) is 5.75 Å². The van der Waals surface area contributed by atoms with Crippen LogP contribution < -0.4 is 10.1 Å². The van der Waals surface area contributed by atoms with Crippen molar-refractivity contribution in [2.24, 2.45) is 0 Å². The predicted molar refractivity (Wildman–Crippen MR) is 75.0 cm³/mol. The largest absolute Gasteiger partial charge is 0.491 e. The van der Waals surface area contributed by atoms with Gasteiger partial charge in [0.25, 0.3) is 0 Å². The Morgan fingerprint density at radius 2 is 2.26 bits per heavy atom. The van der Waals surface area contributed by atoms with Gasteiger partial charge in [-0.15, -0.1) is 0 Å². The van der Waals surface area contributed by atoms with Crippen molar-refractivity contribution < 1.29 is 13.5 Å². The fourth-order valence-electron chi connectivity index (χ4n) is 1.47.